The average molecular weight is 491 g/mol. The monoisotopic (exact) mass is 490 g/mol. The second-order valence-electron chi connectivity index (χ2n) is 10.5. The first-order chi connectivity index (χ1) is 17.5. The van der Waals surface area contributed by atoms with Crippen molar-refractivity contribution in [3.8, 4) is 5.75 Å². The van der Waals surface area contributed by atoms with Gasteiger partial charge in [0.25, 0.3) is 5.91 Å². The summed E-state index contributed by atoms with van der Waals surface area (Å²) in [6, 6.07) is 5.64. The third-order valence-corrected chi connectivity index (χ3v) is 8.18. The second-order valence-corrected chi connectivity index (χ2v) is 10.5. The first-order valence-corrected chi connectivity index (χ1v) is 12.9. The third-order valence-electron chi connectivity index (χ3n) is 8.18. The summed E-state index contributed by atoms with van der Waals surface area (Å²) in [6.45, 7) is 4.40. The molecule has 1 spiro atoms. The number of hydrogen-bond donors (Lipinski definition) is 3. The van der Waals surface area contributed by atoms with Crippen molar-refractivity contribution in [2.45, 2.75) is 38.6 Å². The number of rotatable bonds is 7. The lowest BCUT2D eigenvalue weighted by Crippen LogP contribution is -2.46. The predicted molar refractivity (Wildman–Crippen MR) is 138 cm³/mol. The van der Waals surface area contributed by atoms with Gasteiger partial charge in [0.05, 0.1) is 19.9 Å². The minimum absolute atomic E-state index is 0.0286. The molecule has 1 aliphatic heterocycles. The standard InChI is InChI=1S/C26H34N8O2/c1-36-21-11-18(24(35)33-9-7-28-8-10-33)3-4-19(21)16-34-22-20(15-30-34)31-25(27)32-23(22)29-14-17-12-26(13-17)5-2-6-26/h3-4,11,15,17,28H,2,5-10,12-14,16H2,1H3,(H3,27,29,31,32). The molecule has 0 radical (unpaired) electrons. The van der Waals surface area contributed by atoms with Gasteiger partial charge < -0.3 is 26.0 Å². The van der Waals surface area contributed by atoms with E-state index in [0.29, 0.717) is 53.6 Å². The molecule has 10 heteroatoms. The number of nitrogens with zero attached hydrogens (tertiary/aromatic N) is 5. The van der Waals surface area contributed by atoms with Gasteiger partial charge in [0.2, 0.25) is 5.95 Å². The quantitative estimate of drug-likeness (QED) is 0.462. The highest BCUT2D eigenvalue weighted by atomic mass is 16.5. The molecule has 0 unspecified atom stereocenters. The zero-order valence-electron chi connectivity index (χ0n) is 20.8. The lowest BCUT2D eigenvalue weighted by Gasteiger charge is -2.54. The summed E-state index contributed by atoms with van der Waals surface area (Å²) in [5.41, 5.74) is 9.73. The molecule has 4 N–H and O–H groups in total. The van der Waals surface area contributed by atoms with E-state index in [2.05, 4.69) is 25.7 Å². The summed E-state index contributed by atoms with van der Waals surface area (Å²) >= 11 is 0. The highest BCUT2D eigenvalue weighted by molar-refractivity contribution is 5.95. The number of fused-ring (bicyclic) bond motifs is 1. The molecule has 190 valence electrons. The van der Waals surface area contributed by atoms with Crippen molar-refractivity contribution >= 4 is 28.7 Å². The molecule has 3 aromatic rings. The van der Waals surface area contributed by atoms with Crippen LogP contribution in [0.2, 0.25) is 0 Å². The van der Waals surface area contributed by atoms with Crippen LogP contribution in [0.15, 0.2) is 24.4 Å². The van der Waals surface area contributed by atoms with Gasteiger partial charge in [-0.15, -0.1) is 0 Å². The number of carbonyl (C=O) groups excluding carboxylic acids is 1. The van der Waals surface area contributed by atoms with E-state index in [-0.39, 0.29) is 11.9 Å². The molecule has 10 nitrogen and oxygen atoms in total. The van der Waals surface area contributed by atoms with E-state index in [9.17, 15) is 4.79 Å². The van der Waals surface area contributed by atoms with Crippen molar-refractivity contribution < 1.29 is 9.53 Å². The molecule has 0 bridgehead atoms. The number of benzene rings is 1. The van der Waals surface area contributed by atoms with Gasteiger partial charge in [-0.25, -0.2) is 4.98 Å². The Balaban J connectivity index is 1.22. The highest BCUT2D eigenvalue weighted by Gasteiger charge is 2.47. The summed E-state index contributed by atoms with van der Waals surface area (Å²) in [7, 11) is 1.63. The van der Waals surface area contributed by atoms with E-state index < -0.39 is 0 Å². The number of aromatic nitrogens is 4. The number of ether oxygens (including phenoxy) is 1. The number of methoxy groups -OCH3 is 1. The van der Waals surface area contributed by atoms with Crippen molar-refractivity contribution in [3.63, 3.8) is 0 Å². The fraction of sp³-hybridized carbons (Fsp3) is 0.538. The maximum absolute atomic E-state index is 13.0. The molecule has 6 rings (SSSR count). The van der Waals surface area contributed by atoms with Crippen molar-refractivity contribution in [1.82, 2.24) is 30.0 Å². The Kier molecular flexibility index (Phi) is 5.91. The molecule has 3 aliphatic rings. The van der Waals surface area contributed by atoms with E-state index in [0.717, 1.165) is 30.7 Å². The molecular formula is C26H34N8O2. The lowest BCUT2D eigenvalue weighted by molar-refractivity contribution is -0.0185. The van der Waals surface area contributed by atoms with Crippen molar-refractivity contribution in [2.24, 2.45) is 11.3 Å². The number of carbonyl (C=O) groups is 1. The van der Waals surface area contributed by atoms with Gasteiger partial charge in [0.15, 0.2) is 5.82 Å². The van der Waals surface area contributed by atoms with Gasteiger partial charge in [-0.2, -0.15) is 10.1 Å². The molecule has 2 saturated carbocycles. The Labute approximate surface area is 210 Å². The van der Waals surface area contributed by atoms with Gasteiger partial charge in [-0.05, 0) is 49.1 Å². The van der Waals surface area contributed by atoms with Crippen LogP contribution in [0.1, 0.15) is 48.0 Å². The Morgan fingerprint density at radius 2 is 2.06 bits per heavy atom. The predicted octanol–water partition coefficient (Wildman–Crippen LogP) is 2.50. The number of nitrogens with two attached hydrogens (primary N) is 1. The molecule has 36 heavy (non-hydrogen) atoms. The SMILES string of the molecule is COc1cc(C(=O)N2CCNCC2)ccc1Cn1ncc2nc(N)nc(NCC3CC4(CCC4)C3)c21. The van der Waals surface area contributed by atoms with E-state index in [1.807, 2.05) is 27.8 Å². The smallest absolute Gasteiger partial charge is 0.254 e. The highest BCUT2D eigenvalue weighted by Crippen LogP contribution is 2.58. The first kappa shape index (κ1) is 23.0. The van der Waals surface area contributed by atoms with Crippen LogP contribution in [0.4, 0.5) is 11.8 Å². The van der Waals surface area contributed by atoms with Crippen LogP contribution in [0.5, 0.6) is 5.75 Å². The largest absolute Gasteiger partial charge is 0.496 e. The molecule has 2 aliphatic carbocycles. The molecule has 1 amide bonds. The fourth-order valence-corrected chi connectivity index (χ4v) is 6.12. The lowest BCUT2D eigenvalue weighted by atomic mass is 9.52. The minimum Gasteiger partial charge on any atom is -0.496 e. The zero-order chi connectivity index (χ0) is 24.7. The van der Waals surface area contributed by atoms with Crippen LogP contribution in [-0.4, -0.2) is 70.4 Å². The Morgan fingerprint density at radius 3 is 2.78 bits per heavy atom. The summed E-state index contributed by atoms with van der Waals surface area (Å²) in [5, 5.41) is 11.4. The van der Waals surface area contributed by atoms with Crippen LogP contribution >= 0.6 is 0 Å². The molecule has 3 fully saturated rings. The van der Waals surface area contributed by atoms with Gasteiger partial charge in [0, 0.05) is 43.9 Å². The molecule has 0 atom stereocenters. The van der Waals surface area contributed by atoms with Gasteiger partial charge >= 0.3 is 0 Å². The van der Waals surface area contributed by atoms with Crippen LogP contribution in [-0.2, 0) is 6.54 Å². The number of anilines is 2. The Bertz CT molecular complexity index is 1270. The van der Waals surface area contributed by atoms with Gasteiger partial charge in [0.1, 0.15) is 16.8 Å². The van der Waals surface area contributed by atoms with Crippen LogP contribution in [0.25, 0.3) is 11.0 Å². The zero-order valence-corrected chi connectivity index (χ0v) is 20.8. The van der Waals surface area contributed by atoms with E-state index in [4.69, 9.17) is 10.5 Å². The number of nitrogens with one attached hydrogen (secondary N) is 2. The summed E-state index contributed by atoms with van der Waals surface area (Å²) in [6.07, 6.45) is 8.50. The van der Waals surface area contributed by atoms with Crippen LogP contribution < -0.4 is 21.1 Å². The average Bonchev–Trinajstić information content (AvgIpc) is 3.24. The maximum atomic E-state index is 13.0. The summed E-state index contributed by atoms with van der Waals surface area (Å²) in [5.74, 6) is 2.32. The maximum Gasteiger partial charge on any atom is 0.254 e. The Morgan fingerprint density at radius 1 is 1.25 bits per heavy atom. The van der Waals surface area contributed by atoms with E-state index in [1.54, 1.807) is 13.3 Å². The fourth-order valence-electron chi connectivity index (χ4n) is 6.12. The second kappa shape index (κ2) is 9.24. The van der Waals surface area contributed by atoms with Gasteiger partial charge in [-0.3, -0.25) is 9.48 Å². The number of piperazine rings is 1. The molecule has 1 aromatic carbocycles. The van der Waals surface area contributed by atoms with E-state index >= 15 is 0 Å². The van der Waals surface area contributed by atoms with Crippen LogP contribution in [0.3, 0.4) is 0 Å². The summed E-state index contributed by atoms with van der Waals surface area (Å²) in [4.78, 5) is 23.7. The number of amides is 1. The number of nitrogen functional groups attached to an aromatic ring is 1. The first-order valence-electron chi connectivity index (χ1n) is 12.9. The van der Waals surface area contributed by atoms with Crippen molar-refractivity contribution in [2.75, 3.05) is 50.9 Å². The molecule has 2 aromatic heterocycles. The number of hydrogen-bond acceptors (Lipinski definition) is 8. The van der Waals surface area contributed by atoms with Crippen LogP contribution in [0, 0.1) is 11.3 Å². The van der Waals surface area contributed by atoms with Crippen molar-refractivity contribution in [1.29, 1.82) is 0 Å². The molecule has 3 heterocycles. The topological polar surface area (TPSA) is 123 Å². The van der Waals surface area contributed by atoms with Crippen molar-refractivity contribution in [3.05, 3.63) is 35.5 Å². The molecule has 1 saturated heterocycles. The minimum atomic E-state index is 0.0286. The Hall–Kier alpha value is -3.40. The van der Waals surface area contributed by atoms with E-state index in [1.165, 1.54) is 32.1 Å². The normalized spacial score (nSPS) is 19.2. The third kappa shape index (κ3) is 4.23. The summed E-state index contributed by atoms with van der Waals surface area (Å²) < 4.78 is 7.56. The molecular weight excluding hydrogens is 456 g/mol. The van der Waals surface area contributed by atoms with Gasteiger partial charge in [-0.1, -0.05) is 12.5 Å².